The first-order chi connectivity index (χ1) is 9.69. The Morgan fingerprint density at radius 2 is 1.80 bits per heavy atom. The molecule has 1 heterocycles. The van der Waals surface area contributed by atoms with Crippen LogP contribution in [-0.4, -0.2) is 37.6 Å². The maximum Gasteiger partial charge on any atom is 0.118 e. The number of aromatic nitrogens is 1. The van der Waals surface area contributed by atoms with Crippen LogP contribution in [0.4, 0.5) is 0 Å². The zero-order valence-electron chi connectivity index (χ0n) is 12.5. The predicted octanol–water partition coefficient (Wildman–Crippen LogP) is 3.25. The number of methoxy groups -OCH3 is 1. The Kier molecular flexibility index (Phi) is 5.13. The zero-order valence-corrected chi connectivity index (χ0v) is 12.5. The highest BCUT2D eigenvalue weighted by molar-refractivity contribution is 5.60. The summed E-state index contributed by atoms with van der Waals surface area (Å²) in [6, 6.07) is 14.3. The lowest BCUT2D eigenvalue weighted by molar-refractivity contribution is 0.399. The second-order valence-corrected chi connectivity index (χ2v) is 5.15. The van der Waals surface area contributed by atoms with E-state index in [-0.39, 0.29) is 0 Å². The first-order valence-corrected chi connectivity index (χ1v) is 6.94. The minimum absolute atomic E-state index is 0.871. The first kappa shape index (κ1) is 14.5. The summed E-state index contributed by atoms with van der Waals surface area (Å²) in [7, 11) is 5.88. The van der Waals surface area contributed by atoms with E-state index in [1.165, 1.54) is 0 Å². The highest BCUT2D eigenvalue weighted by Gasteiger charge is 2.02. The Morgan fingerprint density at radius 3 is 2.45 bits per heavy atom. The second kappa shape index (κ2) is 7.06. The largest absolute Gasteiger partial charge is 0.497 e. The minimum Gasteiger partial charge on any atom is -0.497 e. The number of hydrogen-bond acceptors (Lipinski definition) is 3. The molecule has 0 aliphatic carbocycles. The molecule has 0 N–H and O–H groups in total. The molecular formula is C17H22N2O. The Bertz CT molecular complexity index is 535. The molecule has 0 spiro atoms. The molecule has 0 radical (unpaired) electrons. The van der Waals surface area contributed by atoms with Crippen LogP contribution in [0.25, 0.3) is 11.3 Å². The van der Waals surface area contributed by atoms with Gasteiger partial charge in [0.15, 0.2) is 0 Å². The lowest BCUT2D eigenvalue weighted by Gasteiger charge is -2.09. The third-order valence-electron chi connectivity index (χ3n) is 3.23. The summed E-state index contributed by atoms with van der Waals surface area (Å²) in [6.45, 7) is 1.09. The molecule has 0 unspecified atom stereocenters. The van der Waals surface area contributed by atoms with Gasteiger partial charge in [-0.25, -0.2) is 0 Å². The number of hydrogen-bond donors (Lipinski definition) is 0. The number of benzene rings is 1. The van der Waals surface area contributed by atoms with E-state index in [9.17, 15) is 0 Å². The molecule has 106 valence electrons. The summed E-state index contributed by atoms with van der Waals surface area (Å²) in [5.74, 6) is 0.871. The van der Waals surface area contributed by atoms with Crippen LogP contribution in [0, 0.1) is 0 Å². The number of ether oxygens (including phenoxy) is 1. The van der Waals surface area contributed by atoms with Gasteiger partial charge in [-0.1, -0.05) is 6.07 Å². The van der Waals surface area contributed by atoms with E-state index in [1.807, 2.05) is 24.3 Å². The van der Waals surface area contributed by atoms with Gasteiger partial charge in [-0.3, -0.25) is 4.98 Å². The van der Waals surface area contributed by atoms with Gasteiger partial charge in [0.25, 0.3) is 0 Å². The summed E-state index contributed by atoms with van der Waals surface area (Å²) < 4.78 is 5.18. The SMILES string of the molecule is COc1ccc(-c2cccc(CCCN(C)C)n2)cc1. The van der Waals surface area contributed by atoms with Gasteiger partial charge in [-0.15, -0.1) is 0 Å². The molecule has 2 aromatic rings. The third-order valence-corrected chi connectivity index (χ3v) is 3.23. The van der Waals surface area contributed by atoms with Crippen LogP contribution in [0.5, 0.6) is 5.75 Å². The van der Waals surface area contributed by atoms with E-state index in [4.69, 9.17) is 9.72 Å². The van der Waals surface area contributed by atoms with Crippen molar-refractivity contribution in [1.29, 1.82) is 0 Å². The van der Waals surface area contributed by atoms with Crippen LogP contribution in [0.1, 0.15) is 12.1 Å². The standard InChI is InChI=1S/C17H22N2O/c1-19(2)13-5-7-15-6-4-8-17(18-15)14-9-11-16(20-3)12-10-14/h4,6,8-12H,5,7,13H2,1-3H3. The van der Waals surface area contributed by atoms with E-state index in [1.54, 1.807) is 7.11 Å². The maximum atomic E-state index is 5.18. The quantitative estimate of drug-likeness (QED) is 0.805. The van der Waals surface area contributed by atoms with Gasteiger partial charge in [0.1, 0.15) is 5.75 Å². The highest BCUT2D eigenvalue weighted by atomic mass is 16.5. The Balaban J connectivity index is 2.08. The van der Waals surface area contributed by atoms with Gasteiger partial charge in [0.05, 0.1) is 12.8 Å². The number of rotatable bonds is 6. The fraction of sp³-hybridized carbons (Fsp3) is 0.353. The fourth-order valence-corrected chi connectivity index (χ4v) is 2.12. The van der Waals surface area contributed by atoms with Gasteiger partial charge < -0.3 is 9.64 Å². The zero-order chi connectivity index (χ0) is 14.4. The Hall–Kier alpha value is -1.87. The van der Waals surface area contributed by atoms with Gasteiger partial charge >= 0.3 is 0 Å². The summed E-state index contributed by atoms with van der Waals surface area (Å²) in [6.07, 6.45) is 2.15. The number of aryl methyl sites for hydroxylation is 1. The van der Waals surface area contributed by atoms with E-state index >= 15 is 0 Å². The van der Waals surface area contributed by atoms with Crippen molar-refractivity contribution in [2.75, 3.05) is 27.7 Å². The van der Waals surface area contributed by atoms with Crippen molar-refractivity contribution < 1.29 is 4.74 Å². The molecule has 1 aromatic heterocycles. The van der Waals surface area contributed by atoms with Gasteiger partial charge in [-0.2, -0.15) is 0 Å². The van der Waals surface area contributed by atoms with Crippen LogP contribution in [0.3, 0.4) is 0 Å². The molecule has 2 rings (SSSR count). The monoisotopic (exact) mass is 270 g/mol. The molecule has 0 fully saturated rings. The number of pyridine rings is 1. The molecule has 3 nitrogen and oxygen atoms in total. The molecule has 0 bridgehead atoms. The Morgan fingerprint density at radius 1 is 1.05 bits per heavy atom. The van der Waals surface area contributed by atoms with Crippen LogP contribution in [0.15, 0.2) is 42.5 Å². The minimum atomic E-state index is 0.871. The third kappa shape index (κ3) is 4.07. The summed E-state index contributed by atoms with van der Waals surface area (Å²) in [5.41, 5.74) is 3.30. The molecule has 0 saturated heterocycles. The average Bonchev–Trinajstić information content (AvgIpc) is 2.47. The topological polar surface area (TPSA) is 25.4 Å². The molecule has 20 heavy (non-hydrogen) atoms. The van der Waals surface area contributed by atoms with Crippen LogP contribution < -0.4 is 4.74 Å². The van der Waals surface area contributed by atoms with Crippen molar-refractivity contribution in [2.45, 2.75) is 12.8 Å². The lowest BCUT2D eigenvalue weighted by Crippen LogP contribution is -2.13. The molecular weight excluding hydrogens is 248 g/mol. The predicted molar refractivity (Wildman–Crippen MR) is 83.1 cm³/mol. The molecule has 0 aliphatic heterocycles. The molecule has 0 atom stereocenters. The summed E-state index contributed by atoms with van der Waals surface area (Å²) in [5, 5.41) is 0. The van der Waals surface area contributed by atoms with Crippen LogP contribution >= 0.6 is 0 Å². The van der Waals surface area contributed by atoms with Crippen molar-refractivity contribution in [3.05, 3.63) is 48.2 Å². The maximum absolute atomic E-state index is 5.18. The molecule has 0 aliphatic rings. The molecule has 0 saturated carbocycles. The van der Waals surface area contributed by atoms with Crippen LogP contribution in [0.2, 0.25) is 0 Å². The van der Waals surface area contributed by atoms with E-state index < -0.39 is 0 Å². The summed E-state index contributed by atoms with van der Waals surface area (Å²) in [4.78, 5) is 6.94. The molecule has 1 aromatic carbocycles. The molecule has 0 amide bonds. The normalized spacial score (nSPS) is 10.8. The van der Waals surface area contributed by atoms with Crippen molar-refractivity contribution in [3.63, 3.8) is 0 Å². The highest BCUT2D eigenvalue weighted by Crippen LogP contribution is 2.21. The smallest absolute Gasteiger partial charge is 0.118 e. The van der Waals surface area contributed by atoms with Crippen molar-refractivity contribution in [2.24, 2.45) is 0 Å². The average molecular weight is 270 g/mol. The van der Waals surface area contributed by atoms with E-state index in [0.717, 1.165) is 42.1 Å². The van der Waals surface area contributed by atoms with Crippen molar-refractivity contribution in [1.82, 2.24) is 9.88 Å². The van der Waals surface area contributed by atoms with Gasteiger partial charge in [0.2, 0.25) is 0 Å². The van der Waals surface area contributed by atoms with E-state index in [2.05, 4.69) is 37.2 Å². The van der Waals surface area contributed by atoms with E-state index in [0.29, 0.717) is 0 Å². The second-order valence-electron chi connectivity index (χ2n) is 5.15. The number of nitrogens with zero attached hydrogens (tertiary/aromatic N) is 2. The summed E-state index contributed by atoms with van der Waals surface area (Å²) >= 11 is 0. The van der Waals surface area contributed by atoms with Gasteiger partial charge in [-0.05, 0) is 69.9 Å². The van der Waals surface area contributed by atoms with Crippen molar-refractivity contribution in [3.8, 4) is 17.0 Å². The van der Waals surface area contributed by atoms with Gasteiger partial charge in [0, 0.05) is 11.3 Å². The Labute approximate surface area is 121 Å². The lowest BCUT2D eigenvalue weighted by atomic mass is 10.1. The van der Waals surface area contributed by atoms with Crippen LogP contribution in [-0.2, 0) is 6.42 Å². The molecule has 3 heteroatoms. The van der Waals surface area contributed by atoms with Crippen molar-refractivity contribution >= 4 is 0 Å². The fourth-order valence-electron chi connectivity index (χ4n) is 2.12. The first-order valence-electron chi connectivity index (χ1n) is 6.94.